The SMILES string of the molecule is CCC(C(=O)O)C(=O)O.[Ba+2].[H-].[H-]. The molecule has 0 aliphatic carbocycles. The van der Waals surface area contributed by atoms with Crippen molar-refractivity contribution in [2.45, 2.75) is 13.3 Å². The van der Waals surface area contributed by atoms with Crippen molar-refractivity contribution < 1.29 is 22.7 Å². The third-order valence-electron chi connectivity index (χ3n) is 1.00. The molecule has 0 bridgehead atoms. The number of carboxylic acid groups (broad SMARTS) is 2. The third-order valence-corrected chi connectivity index (χ3v) is 1.00. The van der Waals surface area contributed by atoms with Crippen molar-refractivity contribution in [3.05, 3.63) is 0 Å². The van der Waals surface area contributed by atoms with Gasteiger partial charge < -0.3 is 13.1 Å². The molecule has 56 valence electrons. The quantitative estimate of drug-likeness (QED) is 0.561. The summed E-state index contributed by atoms with van der Waals surface area (Å²) in [7, 11) is 0. The molecule has 0 aromatic heterocycles. The molecule has 0 saturated heterocycles. The minimum Gasteiger partial charge on any atom is -1.00 e. The van der Waals surface area contributed by atoms with Crippen molar-refractivity contribution in [2.75, 3.05) is 0 Å². The first-order chi connectivity index (χ1) is 4.09. The predicted molar refractivity (Wildman–Crippen MR) is 37.0 cm³/mol. The van der Waals surface area contributed by atoms with Gasteiger partial charge in [-0.25, -0.2) is 0 Å². The molecule has 0 rings (SSSR count). The Morgan fingerprint density at radius 2 is 1.70 bits per heavy atom. The zero-order valence-corrected chi connectivity index (χ0v) is 10.1. The van der Waals surface area contributed by atoms with Crippen molar-refractivity contribution in [3.8, 4) is 0 Å². The number of aliphatic carboxylic acids is 2. The molecule has 0 aliphatic heterocycles. The molecular formula is C5H10BaO4. The average molecular weight is 271 g/mol. The number of carboxylic acids is 2. The van der Waals surface area contributed by atoms with E-state index in [0.717, 1.165) is 0 Å². The second-order valence-electron chi connectivity index (χ2n) is 1.64. The zero-order chi connectivity index (χ0) is 7.44. The van der Waals surface area contributed by atoms with Crippen molar-refractivity contribution in [2.24, 2.45) is 5.92 Å². The fraction of sp³-hybridized carbons (Fsp3) is 0.600. The Morgan fingerprint density at radius 1 is 1.40 bits per heavy atom. The fourth-order valence-electron chi connectivity index (χ4n) is 0.455. The summed E-state index contributed by atoms with van der Waals surface area (Å²) in [6.07, 6.45) is 0.130. The molecule has 0 aromatic carbocycles. The van der Waals surface area contributed by atoms with E-state index in [9.17, 15) is 9.59 Å². The van der Waals surface area contributed by atoms with E-state index >= 15 is 0 Å². The van der Waals surface area contributed by atoms with Gasteiger partial charge in [0.05, 0.1) is 0 Å². The van der Waals surface area contributed by atoms with E-state index in [1.54, 1.807) is 0 Å². The molecule has 0 spiro atoms. The Morgan fingerprint density at radius 3 is 1.70 bits per heavy atom. The minimum absolute atomic E-state index is 0. The molecule has 0 saturated carbocycles. The van der Waals surface area contributed by atoms with Crippen LogP contribution < -0.4 is 0 Å². The van der Waals surface area contributed by atoms with Crippen molar-refractivity contribution in [3.63, 3.8) is 0 Å². The van der Waals surface area contributed by atoms with Crippen molar-refractivity contribution in [1.29, 1.82) is 0 Å². The molecule has 2 N–H and O–H groups in total. The molecule has 0 unspecified atom stereocenters. The van der Waals surface area contributed by atoms with Gasteiger partial charge in [-0.05, 0) is 6.42 Å². The zero-order valence-electron chi connectivity index (χ0n) is 7.70. The van der Waals surface area contributed by atoms with E-state index in [0.29, 0.717) is 0 Å². The minimum atomic E-state index is -1.27. The second kappa shape index (κ2) is 6.24. The van der Waals surface area contributed by atoms with Crippen LogP contribution in [0.4, 0.5) is 0 Å². The van der Waals surface area contributed by atoms with Crippen LogP contribution in [0.25, 0.3) is 0 Å². The van der Waals surface area contributed by atoms with E-state index in [1.165, 1.54) is 6.92 Å². The van der Waals surface area contributed by atoms with E-state index in [2.05, 4.69) is 0 Å². The van der Waals surface area contributed by atoms with Gasteiger partial charge in [0.2, 0.25) is 0 Å². The third kappa shape index (κ3) is 4.35. The van der Waals surface area contributed by atoms with Crippen molar-refractivity contribution in [1.82, 2.24) is 0 Å². The van der Waals surface area contributed by atoms with Crippen molar-refractivity contribution >= 4 is 60.8 Å². The summed E-state index contributed by atoms with van der Waals surface area (Å²) in [4.78, 5) is 20.0. The van der Waals surface area contributed by atoms with Gasteiger partial charge in [0.25, 0.3) is 0 Å². The number of hydrogen-bond donors (Lipinski definition) is 2. The summed E-state index contributed by atoms with van der Waals surface area (Å²) in [6.45, 7) is 1.52. The van der Waals surface area contributed by atoms with Gasteiger partial charge in [-0.2, -0.15) is 0 Å². The molecule has 0 fully saturated rings. The Bertz CT molecular complexity index is 127. The molecule has 0 amide bonds. The van der Waals surface area contributed by atoms with Crippen LogP contribution >= 0.6 is 0 Å². The van der Waals surface area contributed by atoms with Crippen LogP contribution in [0.2, 0.25) is 0 Å². The smallest absolute Gasteiger partial charge is 1.00 e. The van der Waals surface area contributed by atoms with Crippen LogP contribution in [-0.4, -0.2) is 71.0 Å². The van der Waals surface area contributed by atoms with Gasteiger partial charge in [0, 0.05) is 0 Å². The first kappa shape index (κ1) is 13.1. The molecular weight excluding hydrogens is 261 g/mol. The summed E-state index contributed by atoms with van der Waals surface area (Å²) < 4.78 is 0. The van der Waals surface area contributed by atoms with E-state index in [1.807, 2.05) is 0 Å². The molecule has 5 heteroatoms. The predicted octanol–water partition coefficient (Wildman–Crippen LogP) is 0.0260. The van der Waals surface area contributed by atoms with Crippen LogP contribution in [0, 0.1) is 5.92 Å². The monoisotopic (exact) mass is 272 g/mol. The molecule has 10 heavy (non-hydrogen) atoms. The molecule has 4 nitrogen and oxygen atoms in total. The van der Waals surface area contributed by atoms with Crippen LogP contribution in [-0.2, 0) is 9.59 Å². The number of rotatable bonds is 3. The van der Waals surface area contributed by atoms with Gasteiger partial charge in [0.15, 0.2) is 5.92 Å². The first-order valence-electron chi connectivity index (χ1n) is 2.55. The summed E-state index contributed by atoms with van der Waals surface area (Å²) in [5, 5.41) is 16.3. The Kier molecular flexibility index (Phi) is 8.19. The Labute approximate surface area is 102 Å². The van der Waals surface area contributed by atoms with Gasteiger partial charge in [-0.3, -0.25) is 9.59 Å². The summed E-state index contributed by atoms with van der Waals surface area (Å²) in [5.41, 5.74) is 0. The maximum atomic E-state index is 9.99. The maximum absolute atomic E-state index is 9.99. The van der Waals surface area contributed by atoms with E-state index in [4.69, 9.17) is 10.2 Å². The second-order valence-corrected chi connectivity index (χ2v) is 1.64. The van der Waals surface area contributed by atoms with E-state index < -0.39 is 17.9 Å². The first-order valence-corrected chi connectivity index (χ1v) is 2.55. The summed E-state index contributed by atoms with van der Waals surface area (Å²) >= 11 is 0. The maximum Gasteiger partial charge on any atom is 2.00 e. The van der Waals surface area contributed by atoms with Crippen LogP contribution in [0.5, 0.6) is 0 Å². The number of carbonyl (C=O) groups is 2. The molecule has 0 radical (unpaired) electrons. The fourth-order valence-corrected chi connectivity index (χ4v) is 0.455. The van der Waals surface area contributed by atoms with Gasteiger partial charge in [-0.1, -0.05) is 6.92 Å². The van der Waals surface area contributed by atoms with Gasteiger partial charge in [-0.15, -0.1) is 0 Å². The van der Waals surface area contributed by atoms with E-state index in [-0.39, 0.29) is 58.2 Å². The Balaban J connectivity index is -0.000000107. The molecule has 0 aromatic rings. The van der Waals surface area contributed by atoms with Gasteiger partial charge in [0.1, 0.15) is 0 Å². The van der Waals surface area contributed by atoms with Crippen LogP contribution in [0.3, 0.4) is 0 Å². The molecule has 0 aliphatic rings. The van der Waals surface area contributed by atoms with Gasteiger partial charge >= 0.3 is 60.8 Å². The average Bonchev–Trinajstić information content (AvgIpc) is 1.64. The summed E-state index contributed by atoms with van der Waals surface area (Å²) in [6, 6.07) is 0. The molecule has 0 heterocycles. The summed E-state index contributed by atoms with van der Waals surface area (Å²) in [5.74, 6) is -3.79. The largest absolute Gasteiger partial charge is 2.00 e. The normalized spacial score (nSPS) is 8.60. The Hall–Kier alpha value is 0.511. The molecule has 0 atom stereocenters. The number of hydrogen-bond acceptors (Lipinski definition) is 2. The topological polar surface area (TPSA) is 74.6 Å². The standard InChI is InChI=1S/C5H8O4.Ba.2H/c1-2-3(4(6)7)5(8)9;;;/h3H,2H2,1H3,(H,6,7)(H,8,9);;;/q;+2;2*-1. The van der Waals surface area contributed by atoms with Crippen LogP contribution in [0.15, 0.2) is 0 Å². The van der Waals surface area contributed by atoms with Crippen LogP contribution in [0.1, 0.15) is 16.2 Å².